The topological polar surface area (TPSA) is 61.3 Å². The van der Waals surface area contributed by atoms with Crippen molar-refractivity contribution < 1.29 is 17.9 Å². The monoisotopic (exact) mass is 232 g/mol. The van der Waals surface area contributed by atoms with Crippen LogP contribution in [0.3, 0.4) is 0 Å². The molecule has 0 amide bonds. The standard InChI is InChI=1S/C10H11F3N2O/c11-10(12,13)16-8-3-4-9(15)7(6-8)2-1-5-14/h1-4,6H,5,14-15H2. The van der Waals surface area contributed by atoms with E-state index in [4.69, 9.17) is 11.5 Å². The summed E-state index contributed by atoms with van der Waals surface area (Å²) in [6.07, 6.45) is -1.58. The van der Waals surface area contributed by atoms with Crippen molar-refractivity contribution in [2.75, 3.05) is 12.3 Å². The quantitative estimate of drug-likeness (QED) is 0.785. The van der Waals surface area contributed by atoms with Gasteiger partial charge in [-0.3, -0.25) is 0 Å². The van der Waals surface area contributed by atoms with Crippen LogP contribution in [0.4, 0.5) is 18.9 Å². The Kier molecular flexibility index (Phi) is 3.78. The minimum atomic E-state index is -4.70. The molecule has 0 aliphatic rings. The number of hydrogen-bond acceptors (Lipinski definition) is 3. The fourth-order valence-corrected chi connectivity index (χ4v) is 1.09. The molecule has 0 heterocycles. The summed E-state index contributed by atoms with van der Waals surface area (Å²) in [4.78, 5) is 0. The van der Waals surface area contributed by atoms with E-state index in [-0.39, 0.29) is 12.3 Å². The largest absolute Gasteiger partial charge is 0.573 e. The fourth-order valence-electron chi connectivity index (χ4n) is 1.09. The van der Waals surface area contributed by atoms with Crippen LogP contribution in [0.2, 0.25) is 0 Å². The summed E-state index contributed by atoms with van der Waals surface area (Å²) < 4.78 is 39.6. The second-order valence-corrected chi connectivity index (χ2v) is 2.98. The molecule has 0 aromatic heterocycles. The van der Waals surface area contributed by atoms with Gasteiger partial charge in [0.1, 0.15) is 5.75 Å². The van der Waals surface area contributed by atoms with Crippen molar-refractivity contribution in [2.45, 2.75) is 6.36 Å². The molecule has 0 radical (unpaired) electrons. The van der Waals surface area contributed by atoms with Gasteiger partial charge in [0.15, 0.2) is 0 Å². The molecule has 4 N–H and O–H groups in total. The number of nitrogens with two attached hydrogens (primary N) is 2. The van der Waals surface area contributed by atoms with E-state index in [0.29, 0.717) is 11.3 Å². The molecule has 1 rings (SSSR count). The smallest absolute Gasteiger partial charge is 0.406 e. The van der Waals surface area contributed by atoms with Gasteiger partial charge in [0.25, 0.3) is 0 Å². The van der Waals surface area contributed by atoms with Gasteiger partial charge in [0.05, 0.1) is 0 Å². The van der Waals surface area contributed by atoms with Crippen LogP contribution >= 0.6 is 0 Å². The van der Waals surface area contributed by atoms with E-state index >= 15 is 0 Å². The molecule has 1 aromatic rings. The first-order valence-electron chi connectivity index (χ1n) is 4.44. The van der Waals surface area contributed by atoms with E-state index in [1.165, 1.54) is 12.1 Å². The molecule has 0 bridgehead atoms. The first-order chi connectivity index (χ1) is 7.42. The molecular formula is C10H11F3N2O. The highest BCUT2D eigenvalue weighted by Gasteiger charge is 2.31. The molecule has 88 valence electrons. The SMILES string of the molecule is NCC=Cc1cc(OC(F)(F)F)ccc1N. The first kappa shape index (κ1) is 12.4. The van der Waals surface area contributed by atoms with Gasteiger partial charge >= 0.3 is 6.36 Å². The number of alkyl halides is 3. The van der Waals surface area contributed by atoms with Crippen LogP contribution in [0.1, 0.15) is 5.56 Å². The van der Waals surface area contributed by atoms with Crippen molar-refractivity contribution in [3.05, 3.63) is 29.8 Å². The Morgan fingerprint density at radius 3 is 2.56 bits per heavy atom. The average molecular weight is 232 g/mol. The maximum absolute atomic E-state index is 11.9. The Hall–Kier alpha value is -1.69. The number of ether oxygens (including phenoxy) is 1. The van der Waals surface area contributed by atoms with Gasteiger partial charge in [-0.1, -0.05) is 12.2 Å². The molecule has 16 heavy (non-hydrogen) atoms. The Morgan fingerprint density at radius 1 is 1.31 bits per heavy atom. The predicted octanol–water partition coefficient (Wildman–Crippen LogP) is 2.14. The van der Waals surface area contributed by atoms with E-state index in [0.717, 1.165) is 6.07 Å². The van der Waals surface area contributed by atoms with Gasteiger partial charge in [0, 0.05) is 17.8 Å². The summed E-state index contributed by atoms with van der Waals surface area (Å²) in [5, 5.41) is 0. The van der Waals surface area contributed by atoms with E-state index in [2.05, 4.69) is 4.74 Å². The molecule has 0 aliphatic heterocycles. The lowest BCUT2D eigenvalue weighted by atomic mass is 10.1. The second-order valence-electron chi connectivity index (χ2n) is 2.98. The van der Waals surface area contributed by atoms with Gasteiger partial charge in [0.2, 0.25) is 0 Å². The maximum atomic E-state index is 11.9. The molecule has 0 aliphatic carbocycles. The summed E-state index contributed by atoms with van der Waals surface area (Å²) in [6, 6.07) is 3.70. The van der Waals surface area contributed by atoms with Crippen molar-refractivity contribution >= 4 is 11.8 Å². The number of nitrogen functional groups attached to an aromatic ring is 1. The molecule has 0 spiro atoms. The number of halogens is 3. The number of hydrogen-bond donors (Lipinski definition) is 2. The third-order valence-electron chi connectivity index (χ3n) is 1.73. The van der Waals surface area contributed by atoms with Crippen molar-refractivity contribution in [3.8, 4) is 5.75 Å². The summed E-state index contributed by atoms with van der Waals surface area (Å²) in [7, 11) is 0. The lowest BCUT2D eigenvalue weighted by molar-refractivity contribution is -0.274. The van der Waals surface area contributed by atoms with Gasteiger partial charge in [-0.05, 0) is 18.2 Å². The van der Waals surface area contributed by atoms with E-state index in [1.807, 2.05) is 0 Å². The van der Waals surface area contributed by atoms with Crippen molar-refractivity contribution in [3.63, 3.8) is 0 Å². The van der Waals surface area contributed by atoms with Gasteiger partial charge in [-0.15, -0.1) is 13.2 Å². The lowest BCUT2D eigenvalue weighted by Crippen LogP contribution is -2.17. The Morgan fingerprint density at radius 2 is 2.00 bits per heavy atom. The van der Waals surface area contributed by atoms with E-state index in [1.54, 1.807) is 12.2 Å². The van der Waals surface area contributed by atoms with Crippen LogP contribution in [0.25, 0.3) is 6.08 Å². The zero-order chi connectivity index (χ0) is 12.2. The summed E-state index contributed by atoms with van der Waals surface area (Å²) >= 11 is 0. The van der Waals surface area contributed by atoms with Crippen molar-refractivity contribution in [2.24, 2.45) is 5.73 Å². The molecule has 0 saturated carbocycles. The Bertz CT molecular complexity index is 388. The lowest BCUT2D eigenvalue weighted by Gasteiger charge is -2.10. The highest BCUT2D eigenvalue weighted by atomic mass is 19.4. The molecule has 0 atom stereocenters. The molecule has 6 heteroatoms. The highest BCUT2D eigenvalue weighted by Crippen LogP contribution is 2.26. The van der Waals surface area contributed by atoms with Crippen LogP contribution in [-0.2, 0) is 0 Å². The highest BCUT2D eigenvalue weighted by molar-refractivity contribution is 5.66. The Labute approximate surface area is 90.5 Å². The van der Waals surface area contributed by atoms with Crippen LogP contribution in [-0.4, -0.2) is 12.9 Å². The Balaban J connectivity index is 2.94. The summed E-state index contributed by atoms with van der Waals surface area (Å²) in [5.74, 6) is -0.307. The second kappa shape index (κ2) is 4.89. The number of anilines is 1. The van der Waals surface area contributed by atoms with Crippen molar-refractivity contribution in [1.29, 1.82) is 0 Å². The van der Waals surface area contributed by atoms with Crippen LogP contribution in [0, 0.1) is 0 Å². The van der Waals surface area contributed by atoms with Crippen LogP contribution in [0.5, 0.6) is 5.75 Å². The molecule has 0 unspecified atom stereocenters. The summed E-state index contributed by atoms with van der Waals surface area (Å²) in [6.45, 7) is 0.282. The third-order valence-corrected chi connectivity index (χ3v) is 1.73. The third kappa shape index (κ3) is 3.82. The predicted molar refractivity (Wildman–Crippen MR) is 55.6 cm³/mol. The van der Waals surface area contributed by atoms with Gasteiger partial charge < -0.3 is 16.2 Å². The van der Waals surface area contributed by atoms with Crippen LogP contribution < -0.4 is 16.2 Å². The summed E-state index contributed by atoms with van der Waals surface area (Å²) in [5.41, 5.74) is 11.6. The molecule has 0 fully saturated rings. The normalized spacial score (nSPS) is 12.0. The molecular weight excluding hydrogens is 221 g/mol. The number of benzene rings is 1. The maximum Gasteiger partial charge on any atom is 0.573 e. The average Bonchev–Trinajstić information content (AvgIpc) is 2.17. The van der Waals surface area contributed by atoms with Gasteiger partial charge in [-0.2, -0.15) is 0 Å². The van der Waals surface area contributed by atoms with E-state index in [9.17, 15) is 13.2 Å². The molecule has 1 aromatic carbocycles. The number of rotatable bonds is 3. The zero-order valence-electron chi connectivity index (χ0n) is 8.29. The minimum Gasteiger partial charge on any atom is -0.406 e. The molecule has 3 nitrogen and oxygen atoms in total. The first-order valence-corrected chi connectivity index (χ1v) is 4.44. The fraction of sp³-hybridized carbons (Fsp3) is 0.200. The van der Waals surface area contributed by atoms with E-state index < -0.39 is 6.36 Å². The van der Waals surface area contributed by atoms with Crippen LogP contribution in [0.15, 0.2) is 24.3 Å². The van der Waals surface area contributed by atoms with Crippen molar-refractivity contribution in [1.82, 2.24) is 0 Å². The molecule has 0 saturated heterocycles. The van der Waals surface area contributed by atoms with Gasteiger partial charge in [-0.25, -0.2) is 0 Å². The minimum absolute atomic E-state index is 0.282. The zero-order valence-corrected chi connectivity index (χ0v) is 8.29.